The van der Waals surface area contributed by atoms with Gasteiger partial charge in [0.15, 0.2) is 5.17 Å². The molecule has 1 amide bonds. The lowest BCUT2D eigenvalue weighted by molar-refractivity contribution is -0.113. The van der Waals surface area contributed by atoms with Gasteiger partial charge in [-0.05, 0) is 98.6 Å². The minimum atomic E-state index is -0.105. The summed E-state index contributed by atoms with van der Waals surface area (Å²) in [6.45, 7) is 2.51. The Morgan fingerprint density at radius 1 is 1.00 bits per heavy atom. The fourth-order valence-electron chi connectivity index (χ4n) is 3.06. The highest BCUT2D eigenvalue weighted by molar-refractivity contribution is 9.11. The molecule has 0 bridgehead atoms. The van der Waals surface area contributed by atoms with Crippen LogP contribution in [0.25, 0.3) is 6.08 Å². The van der Waals surface area contributed by atoms with Gasteiger partial charge in [0.05, 0.1) is 31.8 Å². The number of benzene rings is 3. The summed E-state index contributed by atoms with van der Waals surface area (Å²) in [5.74, 6) is 0.638. The SMILES string of the molecule is CCOc1c(Br)cc(/C=C2/SC(=Nc3ccccc3)N(c3ccccc3)C2=O)cc1Br. The van der Waals surface area contributed by atoms with Crippen LogP contribution in [0.3, 0.4) is 0 Å². The first-order chi connectivity index (χ1) is 15.1. The number of para-hydroxylation sites is 2. The van der Waals surface area contributed by atoms with Crippen LogP contribution in [0.15, 0.2) is 91.6 Å². The lowest BCUT2D eigenvalue weighted by Gasteiger charge is -2.15. The number of nitrogens with zero attached hydrogens (tertiary/aromatic N) is 2. The third-order valence-electron chi connectivity index (χ3n) is 4.41. The molecule has 4 nitrogen and oxygen atoms in total. The van der Waals surface area contributed by atoms with Gasteiger partial charge in [-0.3, -0.25) is 9.69 Å². The van der Waals surface area contributed by atoms with Crippen molar-refractivity contribution in [2.24, 2.45) is 4.99 Å². The molecule has 1 saturated heterocycles. The monoisotopic (exact) mass is 556 g/mol. The molecule has 3 aromatic rings. The van der Waals surface area contributed by atoms with Crippen molar-refractivity contribution in [3.8, 4) is 5.75 Å². The van der Waals surface area contributed by atoms with Crippen LogP contribution in [0.1, 0.15) is 12.5 Å². The summed E-state index contributed by atoms with van der Waals surface area (Å²) in [7, 11) is 0. The van der Waals surface area contributed by atoms with E-state index in [0.717, 1.165) is 31.6 Å². The van der Waals surface area contributed by atoms with Crippen LogP contribution in [-0.2, 0) is 4.79 Å². The Labute approximate surface area is 202 Å². The normalized spacial score (nSPS) is 16.4. The molecular weight excluding hydrogens is 540 g/mol. The van der Waals surface area contributed by atoms with E-state index in [-0.39, 0.29) is 5.91 Å². The fraction of sp³-hybridized carbons (Fsp3) is 0.0833. The largest absolute Gasteiger partial charge is 0.492 e. The van der Waals surface area contributed by atoms with Crippen LogP contribution < -0.4 is 9.64 Å². The number of amides is 1. The Bertz CT molecular complexity index is 1140. The number of halogens is 2. The molecule has 31 heavy (non-hydrogen) atoms. The Morgan fingerprint density at radius 3 is 2.23 bits per heavy atom. The number of carbonyl (C=O) groups is 1. The van der Waals surface area contributed by atoms with E-state index in [0.29, 0.717) is 16.7 Å². The van der Waals surface area contributed by atoms with Gasteiger partial charge < -0.3 is 4.74 Å². The van der Waals surface area contributed by atoms with E-state index < -0.39 is 0 Å². The number of ether oxygens (including phenoxy) is 1. The number of carbonyl (C=O) groups excluding carboxylic acids is 1. The van der Waals surface area contributed by atoms with Crippen molar-refractivity contribution in [1.29, 1.82) is 0 Å². The van der Waals surface area contributed by atoms with Crippen molar-refractivity contribution < 1.29 is 9.53 Å². The van der Waals surface area contributed by atoms with Crippen LogP contribution in [-0.4, -0.2) is 17.7 Å². The van der Waals surface area contributed by atoms with Crippen molar-refractivity contribution in [3.63, 3.8) is 0 Å². The molecule has 4 rings (SSSR count). The number of hydrogen-bond acceptors (Lipinski definition) is 4. The average molecular weight is 558 g/mol. The van der Waals surface area contributed by atoms with Crippen molar-refractivity contribution >= 4 is 72.1 Å². The van der Waals surface area contributed by atoms with E-state index in [1.165, 1.54) is 11.8 Å². The first-order valence-corrected chi connectivity index (χ1v) is 12.0. The molecule has 3 aromatic carbocycles. The van der Waals surface area contributed by atoms with E-state index in [2.05, 4.69) is 31.9 Å². The highest BCUT2D eigenvalue weighted by Crippen LogP contribution is 2.39. The number of rotatable bonds is 5. The van der Waals surface area contributed by atoms with Gasteiger partial charge in [-0.25, -0.2) is 4.99 Å². The molecule has 0 saturated carbocycles. The molecule has 0 radical (unpaired) electrons. The van der Waals surface area contributed by atoms with Gasteiger partial charge in [0.25, 0.3) is 5.91 Å². The number of aliphatic imine (C=N–C) groups is 1. The smallest absolute Gasteiger partial charge is 0.271 e. The lowest BCUT2D eigenvalue weighted by Crippen LogP contribution is -2.28. The average Bonchev–Trinajstić information content (AvgIpc) is 3.06. The predicted octanol–water partition coefficient (Wildman–Crippen LogP) is 7.42. The van der Waals surface area contributed by atoms with Crippen LogP contribution in [0.4, 0.5) is 11.4 Å². The second kappa shape index (κ2) is 9.85. The lowest BCUT2D eigenvalue weighted by atomic mass is 10.2. The van der Waals surface area contributed by atoms with Crippen LogP contribution in [0.5, 0.6) is 5.75 Å². The van der Waals surface area contributed by atoms with Gasteiger partial charge in [-0.1, -0.05) is 36.4 Å². The Kier molecular flexibility index (Phi) is 6.95. The molecule has 7 heteroatoms. The number of thioether (sulfide) groups is 1. The zero-order chi connectivity index (χ0) is 21.8. The highest BCUT2D eigenvalue weighted by Gasteiger charge is 2.34. The summed E-state index contributed by atoms with van der Waals surface area (Å²) in [5, 5.41) is 0.623. The van der Waals surface area contributed by atoms with Crippen molar-refractivity contribution in [1.82, 2.24) is 0 Å². The Hall–Kier alpha value is -2.35. The van der Waals surface area contributed by atoms with Gasteiger partial charge in [0.2, 0.25) is 0 Å². The fourth-order valence-corrected chi connectivity index (χ4v) is 5.51. The second-order valence-electron chi connectivity index (χ2n) is 6.56. The maximum atomic E-state index is 13.4. The molecule has 0 atom stereocenters. The number of amidine groups is 1. The topological polar surface area (TPSA) is 41.9 Å². The van der Waals surface area contributed by atoms with E-state index >= 15 is 0 Å². The van der Waals surface area contributed by atoms with E-state index in [1.807, 2.05) is 85.8 Å². The third-order valence-corrected chi connectivity index (χ3v) is 6.56. The minimum Gasteiger partial charge on any atom is -0.492 e. The predicted molar refractivity (Wildman–Crippen MR) is 136 cm³/mol. The van der Waals surface area contributed by atoms with Gasteiger partial charge in [-0.2, -0.15) is 0 Å². The van der Waals surface area contributed by atoms with Crippen molar-refractivity contribution in [2.45, 2.75) is 6.92 Å². The van der Waals surface area contributed by atoms with Crippen molar-refractivity contribution in [3.05, 3.63) is 92.2 Å². The summed E-state index contributed by atoms with van der Waals surface area (Å²) in [5.41, 5.74) is 2.46. The summed E-state index contributed by atoms with van der Waals surface area (Å²) in [6.07, 6.45) is 1.88. The molecular formula is C24H18Br2N2O2S. The molecule has 1 fully saturated rings. The van der Waals surface area contributed by atoms with Gasteiger partial charge in [0, 0.05) is 0 Å². The minimum absolute atomic E-state index is 0.105. The second-order valence-corrected chi connectivity index (χ2v) is 9.28. The molecule has 0 N–H and O–H groups in total. The van der Waals surface area contributed by atoms with Crippen LogP contribution in [0, 0.1) is 0 Å². The summed E-state index contributed by atoms with van der Waals surface area (Å²) in [4.78, 5) is 20.3. The Balaban J connectivity index is 1.75. The standard InChI is InChI=1S/C24H18Br2N2O2S/c1-2-30-22-19(25)13-16(14-20(22)26)15-21-23(29)28(18-11-7-4-8-12-18)24(31-21)27-17-9-5-3-6-10-17/h3-15H,2H2,1H3/b21-15+,27-24?. The Morgan fingerprint density at radius 2 is 1.61 bits per heavy atom. The van der Waals surface area contributed by atoms with Gasteiger partial charge in [0.1, 0.15) is 5.75 Å². The van der Waals surface area contributed by atoms with Crippen molar-refractivity contribution in [2.75, 3.05) is 11.5 Å². The maximum absolute atomic E-state index is 13.4. The molecule has 1 heterocycles. The first kappa shape index (κ1) is 21.9. The number of anilines is 1. The molecule has 0 unspecified atom stereocenters. The van der Waals surface area contributed by atoms with E-state index in [4.69, 9.17) is 9.73 Å². The van der Waals surface area contributed by atoms with Crippen LogP contribution >= 0.6 is 43.6 Å². The summed E-state index contributed by atoms with van der Waals surface area (Å²) < 4.78 is 7.30. The van der Waals surface area contributed by atoms with E-state index in [1.54, 1.807) is 4.90 Å². The molecule has 1 aliphatic rings. The van der Waals surface area contributed by atoms with Gasteiger partial charge >= 0.3 is 0 Å². The summed E-state index contributed by atoms with van der Waals surface area (Å²) >= 11 is 8.48. The van der Waals surface area contributed by atoms with Crippen LogP contribution in [0.2, 0.25) is 0 Å². The quantitative estimate of drug-likeness (QED) is 0.306. The molecule has 0 spiro atoms. The highest BCUT2D eigenvalue weighted by atomic mass is 79.9. The number of hydrogen-bond donors (Lipinski definition) is 0. The first-order valence-electron chi connectivity index (χ1n) is 9.61. The maximum Gasteiger partial charge on any atom is 0.271 e. The van der Waals surface area contributed by atoms with E-state index in [9.17, 15) is 4.79 Å². The molecule has 156 valence electrons. The zero-order valence-corrected chi connectivity index (χ0v) is 20.6. The third kappa shape index (κ3) is 4.95. The summed E-state index contributed by atoms with van der Waals surface area (Å²) in [6, 6.07) is 23.1. The zero-order valence-electron chi connectivity index (χ0n) is 16.6. The molecule has 0 aliphatic carbocycles. The van der Waals surface area contributed by atoms with Gasteiger partial charge in [-0.15, -0.1) is 0 Å². The molecule has 1 aliphatic heterocycles. The molecule has 0 aromatic heterocycles.